The lowest BCUT2D eigenvalue weighted by Gasteiger charge is -2.42. The quantitative estimate of drug-likeness (QED) is 0.578. The van der Waals surface area contributed by atoms with Crippen LogP contribution in [-0.4, -0.2) is 23.4 Å². The van der Waals surface area contributed by atoms with Crippen molar-refractivity contribution in [2.75, 3.05) is 7.05 Å². The summed E-state index contributed by atoms with van der Waals surface area (Å²) in [4.78, 5) is 0. The molecule has 1 aliphatic rings. The third kappa shape index (κ3) is 4.51. The molecule has 158 valence electrons. The first kappa shape index (κ1) is 21.9. The first-order valence-corrected chi connectivity index (χ1v) is 10.8. The van der Waals surface area contributed by atoms with Gasteiger partial charge in [-0.3, -0.25) is 0 Å². The second-order valence-corrected chi connectivity index (χ2v) is 10.3. The van der Waals surface area contributed by atoms with E-state index in [0.717, 1.165) is 16.9 Å². The Balaban J connectivity index is 2.22. The van der Waals surface area contributed by atoms with E-state index in [4.69, 9.17) is 4.74 Å². The van der Waals surface area contributed by atoms with Crippen molar-refractivity contribution in [3.05, 3.63) is 52.6 Å². The number of ether oxygens (including phenoxy) is 1. The van der Waals surface area contributed by atoms with Gasteiger partial charge in [-0.25, -0.2) is 0 Å². The van der Waals surface area contributed by atoms with Crippen LogP contribution in [0.15, 0.2) is 30.3 Å². The zero-order chi connectivity index (χ0) is 21.6. The average Bonchev–Trinajstić information content (AvgIpc) is 2.59. The molecule has 0 spiro atoms. The summed E-state index contributed by atoms with van der Waals surface area (Å²) in [5.41, 5.74) is 7.98. The topological polar surface area (TPSA) is 32.7 Å². The fourth-order valence-corrected chi connectivity index (χ4v) is 4.52. The summed E-state index contributed by atoms with van der Waals surface area (Å²) >= 11 is 0. The highest BCUT2D eigenvalue weighted by molar-refractivity contribution is 5.76. The highest BCUT2D eigenvalue weighted by atomic mass is 16.5. The van der Waals surface area contributed by atoms with Crippen LogP contribution in [0.25, 0.3) is 11.1 Å². The number of benzene rings is 2. The first-order valence-electron chi connectivity index (χ1n) is 10.8. The van der Waals surface area contributed by atoms with Crippen molar-refractivity contribution in [1.29, 1.82) is 0 Å². The fourth-order valence-electron chi connectivity index (χ4n) is 4.52. The second-order valence-electron chi connectivity index (χ2n) is 10.3. The minimum absolute atomic E-state index is 0.105. The van der Waals surface area contributed by atoms with E-state index >= 15 is 0 Å². The molecule has 0 saturated heterocycles. The summed E-state index contributed by atoms with van der Waals surface area (Å²) in [5, 5.41) is 10.9. The van der Waals surface area contributed by atoms with Gasteiger partial charge < -0.3 is 9.94 Å². The summed E-state index contributed by atoms with van der Waals surface area (Å²) in [6.07, 6.45) is 2.51. The van der Waals surface area contributed by atoms with Gasteiger partial charge in [0.2, 0.25) is 0 Å². The Kier molecular flexibility index (Phi) is 5.86. The SMILES string of the molecule is Cc1cc2c(cc1-c1cc(CN(C)O)ccc1OC(C)C)C(C)(C)CCC2(C)C. The Bertz CT molecular complexity index is 894. The highest BCUT2D eigenvalue weighted by Crippen LogP contribution is 2.48. The number of hydrogen-bond donors (Lipinski definition) is 1. The van der Waals surface area contributed by atoms with Gasteiger partial charge in [0, 0.05) is 19.2 Å². The molecule has 0 bridgehead atoms. The third-order valence-corrected chi connectivity index (χ3v) is 6.31. The smallest absolute Gasteiger partial charge is 0.127 e. The van der Waals surface area contributed by atoms with Crippen molar-refractivity contribution in [3.8, 4) is 16.9 Å². The second kappa shape index (κ2) is 7.77. The molecule has 0 heterocycles. The minimum Gasteiger partial charge on any atom is -0.490 e. The third-order valence-electron chi connectivity index (χ3n) is 6.31. The summed E-state index contributed by atoms with van der Waals surface area (Å²) in [5.74, 6) is 0.903. The van der Waals surface area contributed by atoms with Gasteiger partial charge in [0.15, 0.2) is 0 Å². The van der Waals surface area contributed by atoms with Crippen LogP contribution in [0.5, 0.6) is 5.75 Å². The maximum absolute atomic E-state index is 9.72. The number of nitrogens with zero attached hydrogens (tertiary/aromatic N) is 1. The number of fused-ring (bicyclic) bond motifs is 1. The number of hydroxylamine groups is 2. The van der Waals surface area contributed by atoms with Crippen LogP contribution in [0.2, 0.25) is 0 Å². The van der Waals surface area contributed by atoms with Gasteiger partial charge in [-0.1, -0.05) is 39.8 Å². The van der Waals surface area contributed by atoms with Crippen molar-refractivity contribution in [3.63, 3.8) is 0 Å². The van der Waals surface area contributed by atoms with E-state index in [9.17, 15) is 5.21 Å². The van der Waals surface area contributed by atoms with Crippen LogP contribution in [0.4, 0.5) is 0 Å². The Morgan fingerprint density at radius 1 is 0.966 bits per heavy atom. The van der Waals surface area contributed by atoms with Crippen LogP contribution < -0.4 is 4.74 Å². The molecule has 0 atom stereocenters. The molecule has 29 heavy (non-hydrogen) atoms. The largest absolute Gasteiger partial charge is 0.490 e. The summed E-state index contributed by atoms with van der Waals surface area (Å²) < 4.78 is 6.18. The molecule has 0 aliphatic heterocycles. The Morgan fingerprint density at radius 2 is 1.55 bits per heavy atom. The van der Waals surface area contributed by atoms with E-state index in [-0.39, 0.29) is 16.9 Å². The number of aryl methyl sites for hydroxylation is 1. The summed E-state index contributed by atoms with van der Waals surface area (Å²) in [7, 11) is 1.67. The van der Waals surface area contributed by atoms with E-state index in [1.54, 1.807) is 7.05 Å². The Hall–Kier alpha value is -1.84. The lowest BCUT2D eigenvalue weighted by atomic mass is 9.62. The van der Waals surface area contributed by atoms with Crippen LogP contribution in [-0.2, 0) is 17.4 Å². The van der Waals surface area contributed by atoms with E-state index < -0.39 is 0 Å². The first-order chi connectivity index (χ1) is 13.4. The number of rotatable bonds is 5. The van der Waals surface area contributed by atoms with Crippen LogP contribution >= 0.6 is 0 Å². The van der Waals surface area contributed by atoms with Crippen molar-refractivity contribution in [2.45, 2.75) is 84.8 Å². The molecule has 3 nitrogen and oxygen atoms in total. The monoisotopic (exact) mass is 395 g/mol. The van der Waals surface area contributed by atoms with Crippen LogP contribution in [0.3, 0.4) is 0 Å². The molecule has 2 aromatic rings. The number of hydrogen-bond acceptors (Lipinski definition) is 3. The molecule has 1 N–H and O–H groups in total. The van der Waals surface area contributed by atoms with Crippen molar-refractivity contribution in [1.82, 2.24) is 5.06 Å². The predicted octanol–water partition coefficient (Wildman–Crippen LogP) is 6.62. The molecule has 0 fully saturated rings. The van der Waals surface area contributed by atoms with Gasteiger partial charge in [-0.2, -0.15) is 5.06 Å². The summed E-state index contributed by atoms with van der Waals surface area (Å²) in [6, 6.07) is 11.0. The molecule has 3 rings (SSSR count). The van der Waals surface area contributed by atoms with E-state index in [0.29, 0.717) is 6.54 Å². The van der Waals surface area contributed by atoms with Gasteiger partial charge in [0.1, 0.15) is 5.75 Å². The van der Waals surface area contributed by atoms with Gasteiger partial charge in [-0.15, -0.1) is 0 Å². The molecule has 1 aliphatic carbocycles. The van der Waals surface area contributed by atoms with Crippen molar-refractivity contribution in [2.24, 2.45) is 0 Å². The maximum Gasteiger partial charge on any atom is 0.127 e. The van der Waals surface area contributed by atoms with Gasteiger partial charge in [0.25, 0.3) is 0 Å². The van der Waals surface area contributed by atoms with E-state index in [1.165, 1.54) is 40.2 Å². The van der Waals surface area contributed by atoms with Gasteiger partial charge in [0.05, 0.1) is 6.10 Å². The molecular formula is C26H37NO2. The van der Waals surface area contributed by atoms with Crippen LogP contribution in [0, 0.1) is 6.92 Å². The normalized spacial score (nSPS) is 17.5. The van der Waals surface area contributed by atoms with Crippen molar-refractivity contribution >= 4 is 0 Å². The van der Waals surface area contributed by atoms with Gasteiger partial charge in [-0.05, 0) is 90.5 Å². The molecule has 0 unspecified atom stereocenters. The van der Waals surface area contributed by atoms with E-state index in [2.05, 4.69) is 66.7 Å². The molecule has 0 aromatic heterocycles. The fraction of sp³-hybridized carbons (Fsp3) is 0.538. The van der Waals surface area contributed by atoms with Crippen molar-refractivity contribution < 1.29 is 9.94 Å². The molecule has 2 aromatic carbocycles. The maximum atomic E-state index is 9.72. The minimum atomic E-state index is 0.105. The molecule has 0 radical (unpaired) electrons. The molecule has 3 heteroatoms. The zero-order valence-electron chi connectivity index (χ0n) is 19.4. The zero-order valence-corrected chi connectivity index (χ0v) is 19.4. The Morgan fingerprint density at radius 3 is 2.10 bits per heavy atom. The molecular weight excluding hydrogens is 358 g/mol. The molecule has 0 amide bonds. The van der Waals surface area contributed by atoms with Gasteiger partial charge >= 0.3 is 0 Å². The molecule has 0 saturated carbocycles. The Labute approximate surface area is 176 Å². The predicted molar refractivity (Wildman–Crippen MR) is 121 cm³/mol. The highest BCUT2D eigenvalue weighted by Gasteiger charge is 2.37. The lowest BCUT2D eigenvalue weighted by molar-refractivity contribution is -0.0731. The van der Waals surface area contributed by atoms with Crippen LogP contribution in [0.1, 0.15) is 76.6 Å². The average molecular weight is 396 g/mol. The standard InChI is InChI=1S/C26H37NO2/c1-17(2)29-24-10-9-19(16-27(8)28)14-21(24)20-15-23-22(13-18(20)3)25(4,5)11-12-26(23,6)7/h9-10,13-15,17,28H,11-12,16H2,1-8H3. The van der Waals surface area contributed by atoms with E-state index in [1.807, 2.05) is 12.1 Å². The summed E-state index contributed by atoms with van der Waals surface area (Å²) in [6.45, 7) is 16.3. The lowest BCUT2D eigenvalue weighted by Crippen LogP contribution is -2.34.